The van der Waals surface area contributed by atoms with Gasteiger partial charge in [0.1, 0.15) is 11.8 Å². The molecule has 2 N–H and O–H groups in total. The van der Waals surface area contributed by atoms with Crippen LogP contribution in [0.1, 0.15) is 69.9 Å². The molecule has 0 spiro atoms. The Morgan fingerprint density at radius 1 is 1.19 bits per heavy atom. The molecule has 0 amide bonds. The highest BCUT2D eigenvalue weighted by Crippen LogP contribution is 2.33. The highest BCUT2D eigenvalue weighted by Gasteiger charge is 2.26. The Morgan fingerprint density at radius 3 is 2.50 bits per heavy atom. The van der Waals surface area contributed by atoms with Crippen molar-refractivity contribution >= 4 is 11.6 Å². The predicted molar refractivity (Wildman–Crippen MR) is 108 cm³/mol. The SMILES string of the molecule is CC=CN=C1OC(C)C(c2ccc(C3CCCCC3)cc2)=N/C1=C(/C)N. The minimum Gasteiger partial charge on any atom is -0.467 e. The van der Waals surface area contributed by atoms with Gasteiger partial charge in [-0.1, -0.05) is 49.6 Å². The van der Waals surface area contributed by atoms with Gasteiger partial charge in [-0.05, 0) is 50.7 Å². The van der Waals surface area contributed by atoms with Gasteiger partial charge in [-0.2, -0.15) is 0 Å². The monoisotopic (exact) mass is 351 g/mol. The molecule has 0 bridgehead atoms. The van der Waals surface area contributed by atoms with Crippen LogP contribution in [0.3, 0.4) is 0 Å². The van der Waals surface area contributed by atoms with E-state index in [1.165, 1.54) is 37.7 Å². The zero-order valence-corrected chi connectivity index (χ0v) is 16.0. The number of nitrogens with zero attached hydrogens (tertiary/aromatic N) is 2. The normalized spacial score (nSPS) is 25.3. The van der Waals surface area contributed by atoms with Gasteiger partial charge in [0.25, 0.3) is 0 Å². The van der Waals surface area contributed by atoms with Crippen molar-refractivity contribution in [1.29, 1.82) is 0 Å². The van der Waals surface area contributed by atoms with Crippen LogP contribution in [0, 0.1) is 0 Å². The number of nitrogens with two attached hydrogens (primary N) is 1. The van der Waals surface area contributed by atoms with Crippen molar-refractivity contribution in [2.24, 2.45) is 15.7 Å². The van der Waals surface area contributed by atoms with E-state index in [2.05, 4.69) is 29.3 Å². The molecule has 0 saturated heterocycles. The maximum Gasteiger partial charge on any atom is 0.242 e. The van der Waals surface area contributed by atoms with Crippen LogP contribution in [0.2, 0.25) is 0 Å². The molecule has 1 aliphatic carbocycles. The van der Waals surface area contributed by atoms with Gasteiger partial charge in [0.2, 0.25) is 5.90 Å². The second kappa shape index (κ2) is 8.35. The van der Waals surface area contributed by atoms with E-state index in [4.69, 9.17) is 15.5 Å². The van der Waals surface area contributed by atoms with E-state index in [0.29, 0.717) is 23.2 Å². The molecule has 1 aliphatic heterocycles. The summed E-state index contributed by atoms with van der Waals surface area (Å²) in [5, 5.41) is 0. The number of allylic oxidation sites excluding steroid dienone is 2. The summed E-state index contributed by atoms with van der Waals surface area (Å²) in [5.41, 5.74) is 10.7. The van der Waals surface area contributed by atoms with E-state index in [9.17, 15) is 0 Å². The molecule has 0 aromatic heterocycles. The van der Waals surface area contributed by atoms with E-state index < -0.39 is 0 Å². The molecule has 0 radical (unpaired) electrons. The first-order chi connectivity index (χ1) is 12.6. The number of aliphatic imine (C=N–C) groups is 2. The number of hydrogen-bond acceptors (Lipinski definition) is 4. The molecular weight excluding hydrogens is 322 g/mol. The summed E-state index contributed by atoms with van der Waals surface area (Å²) in [6.45, 7) is 5.74. The fraction of sp³-hybridized carbons (Fsp3) is 0.455. The van der Waals surface area contributed by atoms with Gasteiger partial charge in [0.05, 0.1) is 5.71 Å². The molecular formula is C22H29N3O. The van der Waals surface area contributed by atoms with E-state index in [-0.39, 0.29) is 6.10 Å². The van der Waals surface area contributed by atoms with Crippen LogP contribution in [0.15, 0.2) is 57.9 Å². The predicted octanol–water partition coefficient (Wildman–Crippen LogP) is 5.06. The van der Waals surface area contributed by atoms with Crippen molar-refractivity contribution in [1.82, 2.24) is 0 Å². The molecule has 4 heteroatoms. The van der Waals surface area contributed by atoms with E-state index >= 15 is 0 Å². The summed E-state index contributed by atoms with van der Waals surface area (Å²) in [6, 6.07) is 8.84. The van der Waals surface area contributed by atoms with Crippen LogP contribution < -0.4 is 5.73 Å². The molecule has 1 fully saturated rings. The zero-order valence-electron chi connectivity index (χ0n) is 16.0. The fourth-order valence-electron chi connectivity index (χ4n) is 3.69. The van der Waals surface area contributed by atoms with Crippen LogP contribution in [-0.2, 0) is 4.74 Å². The summed E-state index contributed by atoms with van der Waals surface area (Å²) < 4.78 is 6.01. The second-order valence-electron chi connectivity index (χ2n) is 7.16. The highest BCUT2D eigenvalue weighted by molar-refractivity contribution is 6.11. The first kappa shape index (κ1) is 18.4. The molecule has 1 atom stereocenters. The molecule has 1 aromatic carbocycles. The van der Waals surface area contributed by atoms with Crippen LogP contribution in [-0.4, -0.2) is 17.7 Å². The summed E-state index contributed by atoms with van der Waals surface area (Å²) in [4.78, 5) is 9.12. The Balaban J connectivity index is 1.89. The zero-order chi connectivity index (χ0) is 18.5. The first-order valence-corrected chi connectivity index (χ1v) is 9.61. The Hall–Kier alpha value is -2.36. The standard InChI is InChI=1S/C22H29N3O/c1-4-14-24-22-20(15(2)23)25-21(16(3)26-22)19-12-10-18(11-13-19)17-8-6-5-7-9-17/h4,10-14,16-17H,5-9,23H2,1-3H3/b14-4?,20-15-,24-22?. The second-order valence-corrected chi connectivity index (χ2v) is 7.16. The van der Waals surface area contributed by atoms with Crippen LogP contribution in [0.5, 0.6) is 0 Å². The van der Waals surface area contributed by atoms with Crippen LogP contribution >= 0.6 is 0 Å². The first-order valence-electron chi connectivity index (χ1n) is 9.61. The van der Waals surface area contributed by atoms with Crippen molar-refractivity contribution in [3.8, 4) is 0 Å². The third kappa shape index (κ3) is 4.06. The van der Waals surface area contributed by atoms with Crippen molar-refractivity contribution in [3.05, 3.63) is 59.1 Å². The van der Waals surface area contributed by atoms with E-state index in [1.807, 2.05) is 26.8 Å². The molecule has 2 aliphatic rings. The minimum atomic E-state index is -0.164. The Bertz CT molecular complexity index is 746. The molecule has 1 aromatic rings. The smallest absolute Gasteiger partial charge is 0.242 e. The maximum atomic E-state index is 6.02. The van der Waals surface area contributed by atoms with Gasteiger partial charge in [0.15, 0.2) is 0 Å². The molecule has 4 nitrogen and oxygen atoms in total. The van der Waals surface area contributed by atoms with Crippen molar-refractivity contribution < 1.29 is 4.74 Å². The number of benzene rings is 1. The lowest BCUT2D eigenvalue weighted by Crippen LogP contribution is -2.32. The van der Waals surface area contributed by atoms with E-state index in [0.717, 1.165) is 11.3 Å². The molecule has 138 valence electrons. The lowest BCUT2D eigenvalue weighted by Gasteiger charge is -2.25. The van der Waals surface area contributed by atoms with Crippen LogP contribution in [0.25, 0.3) is 0 Å². The van der Waals surface area contributed by atoms with Crippen LogP contribution in [0.4, 0.5) is 0 Å². The van der Waals surface area contributed by atoms with E-state index in [1.54, 1.807) is 6.20 Å². The van der Waals surface area contributed by atoms with Crippen molar-refractivity contribution in [2.45, 2.75) is 64.9 Å². The lowest BCUT2D eigenvalue weighted by atomic mass is 9.83. The number of ether oxygens (including phenoxy) is 1. The molecule has 26 heavy (non-hydrogen) atoms. The highest BCUT2D eigenvalue weighted by atomic mass is 16.5. The Labute approximate surface area is 156 Å². The molecule has 1 heterocycles. The lowest BCUT2D eigenvalue weighted by molar-refractivity contribution is 0.268. The van der Waals surface area contributed by atoms with Gasteiger partial charge in [0, 0.05) is 11.9 Å². The largest absolute Gasteiger partial charge is 0.467 e. The van der Waals surface area contributed by atoms with Gasteiger partial charge < -0.3 is 10.5 Å². The molecule has 3 rings (SSSR count). The maximum absolute atomic E-state index is 6.02. The summed E-state index contributed by atoms with van der Waals surface area (Å²) >= 11 is 0. The minimum absolute atomic E-state index is 0.164. The summed E-state index contributed by atoms with van der Waals surface area (Å²) in [5.74, 6) is 1.19. The fourth-order valence-corrected chi connectivity index (χ4v) is 3.69. The quantitative estimate of drug-likeness (QED) is 0.827. The average molecular weight is 351 g/mol. The van der Waals surface area contributed by atoms with Gasteiger partial charge in [-0.25, -0.2) is 9.98 Å². The number of hydrogen-bond donors (Lipinski definition) is 1. The Kier molecular flexibility index (Phi) is 5.92. The summed E-state index contributed by atoms with van der Waals surface area (Å²) in [7, 11) is 0. The van der Waals surface area contributed by atoms with Gasteiger partial charge in [-0.3, -0.25) is 0 Å². The summed E-state index contributed by atoms with van der Waals surface area (Å²) in [6.07, 6.45) is 10.1. The third-order valence-corrected chi connectivity index (χ3v) is 5.11. The van der Waals surface area contributed by atoms with Crippen molar-refractivity contribution in [3.63, 3.8) is 0 Å². The number of rotatable bonds is 3. The molecule has 1 unspecified atom stereocenters. The topological polar surface area (TPSA) is 60.0 Å². The molecule has 1 saturated carbocycles. The Morgan fingerprint density at radius 2 is 1.88 bits per heavy atom. The average Bonchev–Trinajstić information content (AvgIpc) is 2.67. The van der Waals surface area contributed by atoms with Crippen molar-refractivity contribution in [2.75, 3.05) is 0 Å². The van der Waals surface area contributed by atoms with Gasteiger partial charge in [-0.15, -0.1) is 0 Å². The van der Waals surface area contributed by atoms with Gasteiger partial charge >= 0.3 is 0 Å². The third-order valence-electron chi connectivity index (χ3n) is 5.11.